The Hall–Kier alpha value is -3.20. The summed E-state index contributed by atoms with van der Waals surface area (Å²) < 4.78 is 5.74. The first kappa shape index (κ1) is 22.0. The highest BCUT2D eigenvalue weighted by Crippen LogP contribution is 2.27. The Morgan fingerprint density at radius 1 is 1.19 bits per heavy atom. The molecule has 0 saturated carbocycles. The van der Waals surface area contributed by atoms with Gasteiger partial charge in [-0.05, 0) is 42.0 Å². The van der Waals surface area contributed by atoms with Gasteiger partial charge in [-0.3, -0.25) is 9.69 Å². The number of carbonyl (C=O) groups excluding carboxylic acids is 1. The van der Waals surface area contributed by atoms with Crippen molar-refractivity contribution < 1.29 is 19.1 Å². The summed E-state index contributed by atoms with van der Waals surface area (Å²) in [5, 5.41) is 13.0. The molecule has 162 valence electrons. The van der Waals surface area contributed by atoms with Crippen molar-refractivity contribution in [2.45, 2.75) is 12.5 Å². The smallest absolute Gasteiger partial charge is 0.327 e. The standard InChI is InChI=1S/C22H15Cl2N3O4S/c23-14-7-8-15(25-19(14)24)18-9-6-13(31-18)11-16-20(28)27(22(32)26-16)17(21(29)30)10-12-4-2-1-3-5-12/h1-9,11,17H,10H2,(H,26,32)(H,29,30). The zero-order chi connectivity index (χ0) is 22.8. The quantitative estimate of drug-likeness (QED) is 0.302. The van der Waals surface area contributed by atoms with E-state index in [9.17, 15) is 14.7 Å². The Morgan fingerprint density at radius 3 is 2.62 bits per heavy atom. The maximum absolute atomic E-state index is 13.0. The van der Waals surface area contributed by atoms with Gasteiger partial charge in [0.1, 0.15) is 28.3 Å². The third-order valence-electron chi connectivity index (χ3n) is 4.75. The van der Waals surface area contributed by atoms with Gasteiger partial charge in [0.05, 0.1) is 5.02 Å². The molecule has 1 fully saturated rings. The summed E-state index contributed by atoms with van der Waals surface area (Å²) in [4.78, 5) is 30.1. The van der Waals surface area contributed by atoms with Crippen LogP contribution in [0.2, 0.25) is 10.2 Å². The van der Waals surface area contributed by atoms with Crippen LogP contribution in [0.3, 0.4) is 0 Å². The van der Waals surface area contributed by atoms with Crippen LogP contribution in [0.15, 0.2) is 64.7 Å². The molecule has 0 aliphatic carbocycles. The van der Waals surface area contributed by atoms with Gasteiger partial charge in [-0.15, -0.1) is 0 Å². The van der Waals surface area contributed by atoms with E-state index in [1.165, 1.54) is 6.08 Å². The normalized spacial score (nSPS) is 15.8. The van der Waals surface area contributed by atoms with Gasteiger partial charge in [-0.25, -0.2) is 9.78 Å². The Labute approximate surface area is 198 Å². The maximum Gasteiger partial charge on any atom is 0.327 e. The van der Waals surface area contributed by atoms with Gasteiger partial charge in [0.25, 0.3) is 5.91 Å². The fourth-order valence-electron chi connectivity index (χ4n) is 3.22. The van der Waals surface area contributed by atoms with Crippen molar-refractivity contribution in [3.05, 3.63) is 81.8 Å². The number of halogens is 2. The van der Waals surface area contributed by atoms with Crippen LogP contribution in [0.5, 0.6) is 0 Å². The van der Waals surface area contributed by atoms with Crippen molar-refractivity contribution in [3.63, 3.8) is 0 Å². The molecule has 32 heavy (non-hydrogen) atoms. The predicted molar refractivity (Wildman–Crippen MR) is 124 cm³/mol. The fourth-order valence-corrected chi connectivity index (χ4v) is 3.80. The van der Waals surface area contributed by atoms with E-state index in [1.54, 1.807) is 48.5 Å². The first-order valence-corrected chi connectivity index (χ1v) is 10.5. The van der Waals surface area contributed by atoms with Crippen LogP contribution in [-0.2, 0) is 16.0 Å². The molecular weight excluding hydrogens is 473 g/mol. The molecule has 1 saturated heterocycles. The monoisotopic (exact) mass is 487 g/mol. The highest BCUT2D eigenvalue weighted by atomic mass is 35.5. The third-order valence-corrected chi connectivity index (χ3v) is 5.74. The summed E-state index contributed by atoms with van der Waals surface area (Å²) in [5.74, 6) is -0.932. The van der Waals surface area contributed by atoms with Crippen molar-refractivity contribution in [1.82, 2.24) is 15.2 Å². The largest absolute Gasteiger partial charge is 0.480 e. The van der Waals surface area contributed by atoms with Crippen LogP contribution in [0.4, 0.5) is 0 Å². The van der Waals surface area contributed by atoms with Gasteiger partial charge in [-0.2, -0.15) is 0 Å². The van der Waals surface area contributed by atoms with E-state index in [1.807, 2.05) is 6.07 Å². The molecule has 4 rings (SSSR count). The van der Waals surface area contributed by atoms with Crippen molar-refractivity contribution in [2.24, 2.45) is 0 Å². The number of amides is 1. The van der Waals surface area contributed by atoms with Gasteiger partial charge < -0.3 is 14.8 Å². The molecule has 2 N–H and O–H groups in total. The van der Waals surface area contributed by atoms with Crippen LogP contribution >= 0.6 is 35.4 Å². The van der Waals surface area contributed by atoms with E-state index in [0.29, 0.717) is 22.2 Å². The minimum absolute atomic E-state index is 0.0162. The number of carbonyl (C=O) groups is 2. The Morgan fingerprint density at radius 2 is 1.94 bits per heavy atom. The lowest BCUT2D eigenvalue weighted by Crippen LogP contribution is -2.46. The van der Waals surface area contributed by atoms with Gasteiger partial charge in [-0.1, -0.05) is 53.5 Å². The number of hydrogen-bond donors (Lipinski definition) is 2. The van der Waals surface area contributed by atoms with Crippen LogP contribution in [0, 0.1) is 0 Å². The molecule has 7 nitrogen and oxygen atoms in total. The second-order valence-electron chi connectivity index (χ2n) is 6.88. The molecule has 0 spiro atoms. The third kappa shape index (κ3) is 4.52. The van der Waals surface area contributed by atoms with E-state index < -0.39 is 17.9 Å². The number of aliphatic carboxylic acids is 1. The molecule has 0 bridgehead atoms. The highest BCUT2D eigenvalue weighted by molar-refractivity contribution is 7.80. The van der Waals surface area contributed by atoms with Gasteiger partial charge in [0.15, 0.2) is 10.9 Å². The van der Waals surface area contributed by atoms with E-state index in [-0.39, 0.29) is 22.4 Å². The zero-order valence-electron chi connectivity index (χ0n) is 16.3. The molecule has 10 heteroatoms. The maximum atomic E-state index is 13.0. The molecule has 1 aliphatic rings. The van der Waals surface area contributed by atoms with Crippen LogP contribution < -0.4 is 5.32 Å². The second-order valence-corrected chi connectivity index (χ2v) is 8.03. The predicted octanol–water partition coefficient (Wildman–Crippen LogP) is 4.40. The Bertz CT molecular complexity index is 1240. The molecule has 3 aromatic rings. The second kappa shape index (κ2) is 9.12. The van der Waals surface area contributed by atoms with Gasteiger partial charge in [0, 0.05) is 12.5 Å². The van der Waals surface area contributed by atoms with Gasteiger partial charge in [0.2, 0.25) is 0 Å². The lowest BCUT2D eigenvalue weighted by molar-refractivity contribution is -0.145. The van der Waals surface area contributed by atoms with E-state index in [0.717, 1.165) is 10.5 Å². The van der Waals surface area contributed by atoms with Crippen LogP contribution in [0.25, 0.3) is 17.5 Å². The summed E-state index contributed by atoms with van der Waals surface area (Å²) in [6.45, 7) is 0. The molecule has 0 radical (unpaired) electrons. The highest BCUT2D eigenvalue weighted by Gasteiger charge is 2.39. The molecule has 1 aromatic carbocycles. The molecule has 1 atom stereocenters. The SMILES string of the molecule is O=C(O)C(Cc1ccccc1)N1C(=O)C(=Cc2ccc(-c3ccc(Cl)c(Cl)n3)o2)NC1=S. The zero-order valence-corrected chi connectivity index (χ0v) is 18.6. The fraction of sp³-hybridized carbons (Fsp3) is 0.0909. The number of hydrogen-bond acceptors (Lipinski definition) is 5. The molecule has 3 heterocycles. The number of pyridine rings is 1. The minimum Gasteiger partial charge on any atom is -0.480 e. The number of carboxylic acids is 1. The molecular formula is C22H15Cl2N3O4S. The number of nitrogens with one attached hydrogen (secondary N) is 1. The summed E-state index contributed by atoms with van der Waals surface area (Å²) in [6.07, 6.45) is 1.57. The Balaban J connectivity index is 1.57. The summed E-state index contributed by atoms with van der Waals surface area (Å²) in [6, 6.07) is 14.5. The number of thiocarbonyl (C=S) groups is 1. The molecule has 2 aromatic heterocycles. The molecule has 1 aliphatic heterocycles. The lowest BCUT2D eigenvalue weighted by atomic mass is 10.0. The lowest BCUT2D eigenvalue weighted by Gasteiger charge is -2.22. The summed E-state index contributed by atoms with van der Waals surface area (Å²) in [5.41, 5.74) is 1.36. The van der Waals surface area contributed by atoms with Gasteiger partial charge >= 0.3 is 5.97 Å². The minimum atomic E-state index is -1.15. The number of aromatic nitrogens is 1. The number of carboxylic acid groups (broad SMARTS) is 1. The van der Waals surface area contributed by atoms with Crippen molar-refractivity contribution in [3.8, 4) is 11.5 Å². The number of nitrogens with zero attached hydrogens (tertiary/aromatic N) is 2. The first-order chi connectivity index (χ1) is 15.3. The Kier molecular flexibility index (Phi) is 6.27. The van der Waals surface area contributed by atoms with Crippen molar-refractivity contribution >= 4 is 58.5 Å². The van der Waals surface area contributed by atoms with Crippen LogP contribution in [0.1, 0.15) is 11.3 Å². The van der Waals surface area contributed by atoms with Crippen molar-refractivity contribution in [2.75, 3.05) is 0 Å². The van der Waals surface area contributed by atoms with E-state index >= 15 is 0 Å². The average molecular weight is 488 g/mol. The first-order valence-electron chi connectivity index (χ1n) is 9.38. The molecule has 1 unspecified atom stereocenters. The van der Waals surface area contributed by atoms with E-state index in [4.69, 9.17) is 39.8 Å². The summed E-state index contributed by atoms with van der Waals surface area (Å²) in [7, 11) is 0. The number of furan rings is 1. The number of rotatable bonds is 6. The topological polar surface area (TPSA) is 95.7 Å². The van der Waals surface area contributed by atoms with Crippen molar-refractivity contribution in [1.29, 1.82) is 0 Å². The number of benzene rings is 1. The summed E-state index contributed by atoms with van der Waals surface area (Å²) >= 11 is 17.1. The molecule has 1 amide bonds. The van der Waals surface area contributed by atoms with Crippen LogP contribution in [-0.4, -0.2) is 38.0 Å². The van der Waals surface area contributed by atoms with E-state index in [2.05, 4.69) is 10.3 Å². The average Bonchev–Trinajstić information content (AvgIpc) is 3.34.